The molecule has 2 aliphatic carbocycles. The Kier molecular flexibility index (Phi) is 3.46. The van der Waals surface area contributed by atoms with Crippen LogP contribution in [0.4, 0.5) is 0 Å². The first-order valence-electron chi connectivity index (χ1n) is 7.48. The molecule has 0 aliphatic heterocycles. The smallest absolute Gasteiger partial charge is 0.122 e. The maximum atomic E-state index is 9.40. The van der Waals surface area contributed by atoms with E-state index in [1.54, 1.807) is 0 Å². The second-order valence-electron chi connectivity index (χ2n) is 5.99. The van der Waals surface area contributed by atoms with Gasteiger partial charge in [0.2, 0.25) is 0 Å². The van der Waals surface area contributed by atoms with Crippen LogP contribution < -0.4 is 4.74 Å². The van der Waals surface area contributed by atoms with Crippen molar-refractivity contribution in [2.75, 3.05) is 6.61 Å². The average Bonchev–Trinajstić information content (AvgIpc) is 2.94. The van der Waals surface area contributed by atoms with Crippen molar-refractivity contribution in [3.8, 4) is 11.8 Å². The van der Waals surface area contributed by atoms with E-state index in [1.165, 1.54) is 43.2 Å². The summed E-state index contributed by atoms with van der Waals surface area (Å²) >= 11 is 0. The summed E-state index contributed by atoms with van der Waals surface area (Å²) in [5.41, 5.74) is 2.61. The van der Waals surface area contributed by atoms with Gasteiger partial charge in [-0.25, -0.2) is 0 Å². The van der Waals surface area contributed by atoms with Crippen molar-refractivity contribution in [2.45, 2.75) is 51.4 Å². The van der Waals surface area contributed by atoms with Crippen LogP contribution in [0, 0.1) is 16.7 Å². The van der Waals surface area contributed by atoms with Gasteiger partial charge in [-0.15, -0.1) is 0 Å². The van der Waals surface area contributed by atoms with Gasteiger partial charge >= 0.3 is 0 Å². The highest BCUT2D eigenvalue weighted by molar-refractivity contribution is 5.41. The second-order valence-corrected chi connectivity index (χ2v) is 5.99. The Balaban J connectivity index is 1.75. The Bertz CT molecular complexity index is 494. The molecule has 2 heteroatoms. The van der Waals surface area contributed by atoms with E-state index in [-0.39, 0.29) is 5.41 Å². The van der Waals surface area contributed by atoms with E-state index in [1.807, 2.05) is 0 Å². The van der Waals surface area contributed by atoms with E-state index in [2.05, 4.69) is 24.3 Å². The quantitative estimate of drug-likeness (QED) is 0.817. The number of rotatable bonds is 3. The molecule has 1 fully saturated rings. The fourth-order valence-electron chi connectivity index (χ4n) is 3.44. The number of hydrogen-bond acceptors (Lipinski definition) is 2. The molecule has 1 aromatic rings. The third kappa shape index (κ3) is 2.47. The fraction of sp³-hybridized carbons (Fsp3) is 0.588. The first-order valence-corrected chi connectivity index (χ1v) is 7.48. The van der Waals surface area contributed by atoms with Crippen LogP contribution in [-0.2, 0) is 12.8 Å². The Morgan fingerprint density at radius 1 is 1.11 bits per heavy atom. The normalized spacial score (nSPS) is 20.6. The molecule has 0 spiro atoms. The summed E-state index contributed by atoms with van der Waals surface area (Å²) < 4.78 is 6.06. The lowest BCUT2D eigenvalue weighted by atomic mass is 9.89. The molecule has 1 saturated carbocycles. The maximum Gasteiger partial charge on any atom is 0.122 e. The van der Waals surface area contributed by atoms with Gasteiger partial charge < -0.3 is 4.74 Å². The van der Waals surface area contributed by atoms with E-state index >= 15 is 0 Å². The Labute approximate surface area is 115 Å². The molecule has 0 amide bonds. The summed E-state index contributed by atoms with van der Waals surface area (Å²) in [4.78, 5) is 0. The van der Waals surface area contributed by atoms with Gasteiger partial charge in [0.25, 0.3) is 0 Å². The zero-order valence-electron chi connectivity index (χ0n) is 11.5. The Morgan fingerprint density at radius 3 is 2.68 bits per heavy atom. The van der Waals surface area contributed by atoms with Gasteiger partial charge in [-0.3, -0.25) is 0 Å². The number of nitriles is 1. The fourth-order valence-corrected chi connectivity index (χ4v) is 3.44. The molecule has 0 unspecified atom stereocenters. The summed E-state index contributed by atoms with van der Waals surface area (Å²) in [5, 5.41) is 9.40. The molecular weight excluding hydrogens is 234 g/mol. The van der Waals surface area contributed by atoms with Gasteiger partial charge in [-0.2, -0.15) is 5.26 Å². The summed E-state index contributed by atoms with van der Waals surface area (Å²) in [6.45, 7) is 0.569. The van der Waals surface area contributed by atoms with Crippen molar-refractivity contribution in [3.63, 3.8) is 0 Å². The van der Waals surface area contributed by atoms with Crippen molar-refractivity contribution in [2.24, 2.45) is 5.41 Å². The number of nitrogens with zero attached hydrogens (tertiary/aromatic N) is 1. The van der Waals surface area contributed by atoms with Crippen LogP contribution in [0.3, 0.4) is 0 Å². The zero-order chi connectivity index (χ0) is 13.1. The molecule has 1 aromatic carbocycles. The van der Waals surface area contributed by atoms with Gasteiger partial charge in [-0.1, -0.05) is 25.0 Å². The van der Waals surface area contributed by atoms with E-state index in [0.29, 0.717) is 6.61 Å². The second kappa shape index (κ2) is 5.25. The average molecular weight is 255 g/mol. The molecule has 0 heterocycles. The van der Waals surface area contributed by atoms with Crippen molar-refractivity contribution >= 4 is 0 Å². The predicted octanol–water partition coefficient (Wildman–Crippen LogP) is 4.03. The van der Waals surface area contributed by atoms with Crippen LogP contribution in [0.15, 0.2) is 18.2 Å². The van der Waals surface area contributed by atoms with Crippen molar-refractivity contribution in [1.82, 2.24) is 0 Å². The largest absolute Gasteiger partial charge is 0.492 e. The van der Waals surface area contributed by atoms with Crippen LogP contribution in [0.25, 0.3) is 0 Å². The van der Waals surface area contributed by atoms with E-state index in [9.17, 15) is 5.26 Å². The standard InChI is InChI=1S/C17H21NO/c18-12-17(10-3-4-11-17)13-19-16-9-5-7-14-6-1-2-8-15(14)16/h5,7,9H,1-4,6,8,10-11,13H2. The van der Waals surface area contributed by atoms with E-state index in [4.69, 9.17) is 4.74 Å². The topological polar surface area (TPSA) is 33.0 Å². The van der Waals surface area contributed by atoms with Crippen LogP contribution >= 0.6 is 0 Å². The van der Waals surface area contributed by atoms with Gasteiger partial charge in [0.05, 0.1) is 11.5 Å². The minimum atomic E-state index is -0.225. The molecule has 0 saturated heterocycles. The molecule has 2 aliphatic rings. The molecule has 0 N–H and O–H groups in total. The number of fused-ring (bicyclic) bond motifs is 1. The lowest BCUT2D eigenvalue weighted by Crippen LogP contribution is -2.23. The van der Waals surface area contributed by atoms with Gasteiger partial charge in [0.1, 0.15) is 12.4 Å². The molecular formula is C17H21NO. The van der Waals surface area contributed by atoms with E-state index in [0.717, 1.165) is 25.0 Å². The number of hydrogen-bond donors (Lipinski definition) is 0. The predicted molar refractivity (Wildman–Crippen MR) is 75.1 cm³/mol. The molecule has 0 radical (unpaired) electrons. The highest BCUT2D eigenvalue weighted by atomic mass is 16.5. The molecule has 0 bridgehead atoms. The highest BCUT2D eigenvalue weighted by Crippen LogP contribution is 2.38. The molecule has 0 aromatic heterocycles. The molecule has 19 heavy (non-hydrogen) atoms. The van der Waals surface area contributed by atoms with Crippen molar-refractivity contribution < 1.29 is 4.74 Å². The number of aryl methyl sites for hydroxylation is 1. The third-order valence-corrected chi connectivity index (χ3v) is 4.65. The maximum absolute atomic E-state index is 9.40. The van der Waals surface area contributed by atoms with Gasteiger partial charge in [0, 0.05) is 0 Å². The minimum Gasteiger partial charge on any atom is -0.492 e. The summed E-state index contributed by atoms with van der Waals surface area (Å²) in [6, 6.07) is 8.89. The first kappa shape index (κ1) is 12.5. The molecule has 3 rings (SSSR count). The first-order chi connectivity index (χ1) is 9.33. The van der Waals surface area contributed by atoms with E-state index < -0.39 is 0 Å². The summed E-state index contributed by atoms with van der Waals surface area (Å²) in [7, 11) is 0. The highest BCUT2D eigenvalue weighted by Gasteiger charge is 2.35. The van der Waals surface area contributed by atoms with Crippen molar-refractivity contribution in [1.29, 1.82) is 5.26 Å². The SMILES string of the molecule is N#CC1(COc2cccc3c2CCCC3)CCCC1. The van der Waals surface area contributed by atoms with Crippen LogP contribution in [0.1, 0.15) is 49.7 Å². The monoisotopic (exact) mass is 255 g/mol. The van der Waals surface area contributed by atoms with Gasteiger partial charge in [0.15, 0.2) is 0 Å². The van der Waals surface area contributed by atoms with Gasteiger partial charge in [-0.05, 0) is 55.7 Å². The molecule has 2 nitrogen and oxygen atoms in total. The third-order valence-electron chi connectivity index (χ3n) is 4.65. The molecule has 0 atom stereocenters. The minimum absolute atomic E-state index is 0.225. The van der Waals surface area contributed by atoms with Crippen LogP contribution in [0.5, 0.6) is 5.75 Å². The number of ether oxygens (including phenoxy) is 1. The van der Waals surface area contributed by atoms with Crippen molar-refractivity contribution in [3.05, 3.63) is 29.3 Å². The Morgan fingerprint density at radius 2 is 1.89 bits per heavy atom. The van der Waals surface area contributed by atoms with Crippen LogP contribution in [0.2, 0.25) is 0 Å². The summed E-state index contributed by atoms with van der Waals surface area (Å²) in [5.74, 6) is 1.03. The zero-order valence-corrected chi connectivity index (χ0v) is 11.5. The molecule has 100 valence electrons. The Hall–Kier alpha value is -1.49. The lowest BCUT2D eigenvalue weighted by Gasteiger charge is -2.24. The number of benzene rings is 1. The van der Waals surface area contributed by atoms with Crippen LogP contribution in [-0.4, -0.2) is 6.61 Å². The summed E-state index contributed by atoms with van der Waals surface area (Å²) in [6.07, 6.45) is 9.20. The lowest BCUT2D eigenvalue weighted by molar-refractivity contribution is 0.199.